The molecule has 0 aromatic heterocycles. The first-order valence-electron chi connectivity index (χ1n) is 6.44. The van der Waals surface area contributed by atoms with Gasteiger partial charge in [-0.15, -0.1) is 12.4 Å². The quantitative estimate of drug-likeness (QED) is 0.754. The number of aliphatic hydroxyl groups is 1. The summed E-state index contributed by atoms with van der Waals surface area (Å²) in [7, 11) is 0. The second kappa shape index (κ2) is 7.92. The normalized spacial score (nSPS) is 17.9. The van der Waals surface area contributed by atoms with Gasteiger partial charge in [-0.2, -0.15) is 0 Å². The smallest absolute Gasteiger partial charge is 0.290 e. The van der Waals surface area contributed by atoms with E-state index in [0.29, 0.717) is 13.1 Å². The Morgan fingerprint density at radius 1 is 1.23 bits per heavy atom. The lowest BCUT2D eigenvalue weighted by molar-refractivity contribution is -0.120. The van der Waals surface area contributed by atoms with Crippen LogP contribution in [0.1, 0.15) is 11.6 Å². The zero-order chi connectivity index (χ0) is 15.6. The van der Waals surface area contributed by atoms with E-state index in [1.165, 1.54) is 4.90 Å². The fourth-order valence-electron chi connectivity index (χ4n) is 2.50. The van der Waals surface area contributed by atoms with Gasteiger partial charge in [-0.1, -0.05) is 15.9 Å². The van der Waals surface area contributed by atoms with Crippen LogP contribution in [0.4, 0.5) is 17.6 Å². The number of hydrogen-bond donors (Lipinski definition) is 2. The monoisotopic (exact) mass is 406 g/mol. The van der Waals surface area contributed by atoms with Crippen LogP contribution in [0.5, 0.6) is 0 Å². The second-order valence-corrected chi connectivity index (χ2v) is 5.81. The molecule has 1 heterocycles. The van der Waals surface area contributed by atoms with E-state index in [0.717, 1.165) is 12.1 Å². The number of aliphatic hydroxyl groups excluding tert-OH is 1. The lowest BCUT2D eigenvalue weighted by Crippen LogP contribution is -2.51. The van der Waals surface area contributed by atoms with Crippen molar-refractivity contribution in [2.75, 3.05) is 32.8 Å². The molecule has 0 bridgehead atoms. The highest BCUT2D eigenvalue weighted by Gasteiger charge is 2.46. The highest BCUT2D eigenvalue weighted by Crippen LogP contribution is 2.39. The summed E-state index contributed by atoms with van der Waals surface area (Å²) in [4.78, 5) is 1.29. The minimum atomic E-state index is -3.65. The molecule has 0 amide bonds. The predicted octanol–water partition coefficient (Wildman–Crippen LogP) is 2.72. The van der Waals surface area contributed by atoms with Gasteiger partial charge < -0.3 is 10.4 Å². The Morgan fingerprint density at radius 3 is 2.18 bits per heavy atom. The van der Waals surface area contributed by atoms with E-state index < -0.39 is 35.8 Å². The molecule has 22 heavy (non-hydrogen) atoms. The van der Waals surface area contributed by atoms with Gasteiger partial charge in [-0.25, -0.2) is 17.6 Å². The fourth-order valence-corrected chi connectivity index (χ4v) is 2.90. The van der Waals surface area contributed by atoms with E-state index >= 15 is 0 Å². The molecule has 1 atom stereocenters. The van der Waals surface area contributed by atoms with Crippen molar-refractivity contribution in [1.82, 2.24) is 10.2 Å². The minimum absolute atomic E-state index is 0. The van der Waals surface area contributed by atoms with Crippen LogP contribution < -0.4 is 5.32 Å². The Balaban J connectivity index is 0.00000242. The zero-order valence-electron chi connectivity index (χ0n) is 11.5. The molecule has 2 N–H and O–H groups in total. The molecule has 1 aromatic rings. The SMILES string of the molecule is Cl.OCC(F)(F)[C@@H](c1c(F)cc(Br)cc1F)N1CCNCC1. The predicted molar refractivity (Wildman–Crippen MR) is 80.5 cm³/mol. The maximum atomic E-state index is 14.1. The highest BCUT2D eigenvalue weighted by atomic mass is 79.9. The molecule has 1 aliphatic heterocycles. The first-order chi connectivity index (χ1) is 9.86. The first kappa shape index (κ1) is 19.6. The average Bonchev–Trinajstić information content (AvgIpc) is 2.43. The Morgan fingerprint density at radius 2 is 1.73 bits per heavy atom. The summed E-state index contributed by atoms with van der Waals surface area (Å²) < 4.78 is 56.4. The Labute approximate surface area is 140 Å². The van der Waals surface area contributed by atoms with Crippen LogP contribution in [-0.2, 0) is 0 Å². The fraction of sp³-hybridized carbons (Fsp3) is 0.538. The molecule has 0 spiro atoms. The van der Waals surface area contributed by atoms with Crippen LogP contribution in [0.25, 0.3) is 0 Å². The van der Waals surface area contributed by atoms with Gasteiger partial charge in [0.25, 0.3) is 5.92 Å². The van der Waals surface area contributed by atoms with Crippen LogP contribution in [0.2, 0.25) is 0 Å². The van der Waals surface area contributed by atoms with Crippen molar-refractivity contribution < 1.29 is 22.7 Å². The molecular formula is C13H16BrClF4N2O. The average molecular weight is 408 g/mol. The van der Waals surface area contributed by atoms with Crippen molar-refractivity contribution in [3.05, 3.63) is 33.8 Å². The number of nitrogens with zero attached hydrogens (tertiary/aromatic N) is 1. The van der Waals surface area contributed by atoms with Gasteiger partial charge in [-0.05, 0) is 12.1 Å². The molecule has 126 valence electrons. The van der Waals surface area contributed by atoms with E-state index in [4.69, 9.17) is 5.11 Å². The molecule has 1 aliphatic rings. The molecule has 1 saturated heterocycles. The van der Waals surface area contributed by atoms with Crippen LogP contribution in [0.15, 0.2) is 16.6 Å². The highest BCUT2D eigenvalue weighted by molar-refractivity contribution is 9.10. The van der Waals surface area contributed by atoms with E-state index in [-0.39, 0.29) is 30.0 Å². The van der Waals surface area contributed by atoms with E-state index in [1.54, 1.807) is 0 Å². The van der Waals surface area contributed by atoms with E-state index in [2.05, 4.69) is 21.2 Å². The molecule has 3 nitrogen and oxygen atoms in total. The van der Waals surface area contributed by atoms with Gasteiger partial charge in [0.1, 0.15) is 24.3 Å². The molecule has 0 unspecified atom stereocenters. The molecule has 1 aromatic carbocycles. The number of halogens is 6. The molecule has 0 aliphatic carbocycles. The maximum absolute atomic E-state index is 14.1. The Bertz CT molecular complexity index is 492. The third kappa shape index (κ3) is 4.11. The lowest BCUT2D eigenvalue weighted by atomic mass is 9.97. The van der Waals surface area contributed by atoms with Gasteiger partial charge in [0.05, 0.1) is 0 Å². The standard InChI is InChI=1S/C13H15BrF4N2O.ClH/c14-8-5-9(15)11(10(16)6-8)12(13(17,18)7-21)20-3-1-19-2-4-20;/h5-6,12,19,21H,1-4,7H2;1H/t12-;/m1./s1. The Kier molecular flexibility index (Phi) is 7.07. The van der Waals surface area contributed by atoms with Gasteiger partial charge in [0, 0.05) is 36.2 Å². The minimum Gasteiger partial charge on any atom is -0.390 e. The summed E-state index contributed by atoms with van der Waals surface area (Å²) in [5, 5.41) is 11.9. The summed E-state index contributed by atoms with van der Waals surface area (Å²) in [5.41, 5.74) is -0.709. The van der Waals surface area contributed by atoms with Crippen molar-refractivity contribution >= 4 is 28.3 Å². The number of rotatable bonds is 4. The first-order valence-corrected chi connectivity index (χ1v) is 7.24. The van der Waals surface area contributed by atoms with Gasteiger partial charge in [-0.3, -0.25) is 4.90 Å². The Hall–Kier alpha value is -0.410. The molecular weight excluding hydrogens is 392 g/mol. The summed E-state index contributed by atoms with van der Waals surface area (Å²) >= 11 is 2.92. The van der Waals surface area contributed by atoms with Gasteiger partial charge >= 0.3 is 0 Å². The van der Waals surface area contributed by atoms with Crippen LogP contribution in [0.3, 0.4) is 0 Å². The summed E-state index contributed by atoms with van der Waals surface area (Å²) in [6.07, 6.45) is 0. The summed E-state index contributed by atoms with van der Waals surface area (Å²) in [6.45, 7) is -0.156. The van der Waals surface area contributed by atoms with Gasteiger partial charge in [0.15, 0.2) is 0 Å². The number of benzene rings is 1. The van der Waals surface area contributed by atoms with Crippen molar-refractivity contribution in [1.29, 1.82) is 0 Å². The third-order valence-corrected chi connectivity index (χ3v) is 3.90. The molecule has 2 rings (SSSR count). The number of hydrogen-bond acceptors (Lipinski definition) is 3. The van der Waals surface area contributed by atoms with E-state index in [9.17, 15) is 17.6 Å². The van der Waals surface area contributed by atoms with Crippen molar-refractivity contribution in [3.8, 4) is 0 Å². The molecule has 1 fully saturated rings. The number of nitrogens with one attached hydrogen (secondary N) is 1. The number of piperazine rings is 1. The zero-order valence-corrected chi connectivity index (χ0v) is 13.9. The summed E-state index contributed by atoms with van der Waals surface area (Å²) in [6, 6.07) is 0.0555. The third-order valence-electron chi connectivity index (χ3n) is 3.44. The van der Waals surface area contributed by atoms with Crippen LogP contribution in [-0.4, -0.2) is 48.7 Å². The van der Waals surface area contributed by atoms with Crippen LogP contribution in [0, 0.1) is 11.6 Å². The lowest BCUT2D eigenvalue weighted by Gasteiger charge is -2.38. The van der Waals surface area contributed by atoms with Gasteiger partial charge in [0.2, 0.25) is 0 Å². The van der Waals surface area contributed by atoms with E-state index in [1.807, 2.05) is 0 Å². The molecule has 0 saturated carbocycles. The molecule has 0 radical (unpaired) electrons. The number of alkyl halides is 2. The maximum Gasteiger partial charge on any atom is 0.290 e. The molecule has 9 heteroatoms. The topological polar surface area (TPSA) is 35.5 Å². The van der Waals surface area contributed by atoms with Crippen LogP contribution >= 0.6 is 28.3 Å². The second-order valence-electron chi connectivity index (χ2n) is 4.89. The van der Waals surface area contributed by atoms with Crippen molar-refractivity contribution in [2.24, 2.45) is 0 Å². The van der Waals surface area contributed by atoms with Crippen molar-refractivity contribution in [2.45, 2.75) is 12.0 Å². The largest absolute Gasteiger partial charge is 0.390 e. The summed E-state index contributed by atoms with van der Waals surface area (Å²) in [5.74, 6) is -5.76. The van der Waals surface area contributed by atoms with Crippen molar-refractivity contribution in [3.63, 3.8) is 0 Å².